The minimum atomic E-state index is -0.664. The van der Waals surface area contributed by atoms with Crippen LogP contribution >= 0.6 is 0 Å². The van der Waals surface area contributed by atoms with E-state index in [1.807, 2.05) is 0 Å². The van der Waals surface area contributed by atoms with Crippen LogP contribution in [0.1, 0.15) is 20.8 Å². The SMILES string of the molecule is CC(C)(C)OC(=O)NC(=N)n1cccn1. The summed E-state index contributed by atoms with van der Waals surface area (Å²) in [5.74, 6) is -0.144. The third-order valence-electron chi connectivity index (χ3n) is 1.35. The highest BCUT2D eigenvalue weighted by Gasteiger charge is 2.17. The Morgan fingerprint density at radius 2 is 2.20 bits per heavy atom. The molecule has 0 aliphatic rings. The first-order valence-electron chi connectivity index (χ1n) is 4.47. The van der Waals surface area contributed by atoms with Crippen molar-refractivity contribution >= 4 is 12.1 Å². The smallest absolute Gasteiger partial charge is 0.414 e. The molecule has 0 radical (unpaired) electrons. The highest BCUT2D eigenvalue weighted by molar-refractivity contribution is 5.92. The molecule has 0 atom stereocenters. The molecule has 0 aliphatic heterocycles. The largest absolute Gasteiger partial charge is 0.444 e. The van der Waals surface area contributed by atoms with E-state index in [2.05, 4.69) is 10.4 Å². The van der Waals surface area contributed by atoms with Gasteiger partial charge >= 0.3 is 6.09 Å². The molecular formula is C9H14N4O2. The fourth-order valence-corrected chi connectivity index (χ4v) is 0.859. The van der Waals surface area contributed by atoms with E-state index in [1.165, 1.54) is 10.9 Å². The Morgan fingerprint density at radius 1 is 1.53 bits per heavy atom. The lowest BCUT2D eigenvalue weighted by atomic mass is 10.2. The normalized spacial score (nSPS) is 10.9. The highest BCUT2D eigenvalue weighted by atomic mass is 16.6. The van der Waals surface area contributed by atoms with Crippen molar-refractivity contribution in [1.82, 2.24) is 15.1 Å². The van der Waals surface area contributed by atoms with Gasteiger partial charge in [-0.15, -0.1) is 0 Å². The Balaban J connectivity index is 2.50. The lowest BCUT2D eigenvalue weighted by Gasteiger charge is -2.19. The highest BCUT2D eigenvalue weighted by Crippen LogP contribution is 2.06. The zero-order chi connectivity index (χ0) is 11.5. The number of rotatable bonds is 0. The second-order valence-corrected chi connectivity index (χ2v) is 3.93. The Bertz CT molecular complexity index is 351. The van der Waals surface area contributed by atoms with Gasteiger partial charge in [0.15, 0.2) is 0 Å². The van der Waals surface area contributed by atoms with Crippen LogP contribution in [-0.4, -0.2) is 27.4 Å². The average Bonchev–Trinajstić information content (AvgIpc) is 2.50. The van der Waals surface area contributed by atoms with Gasteiger partial charge in [0.25, 0.3) is 0 Å². The standard InChI is InChI=1S/C9H14N4O2/c1-9(2,3)15-8(14)12-7(10)13-6-4-5-11-13/h4-6H,1-3H3,(H2,10,12,14). The molecule has 0 saturated heterocycles. The summed E-state index contributed by atoms with van der Waals surface area (Å²) in [6.07, 6.45) is 2.41. The zero-order valence-corrected chi connectivity index (χ0v) is 8.94. The summed E-state index contributed by atoms with van der Waals surface area (Å²) in [5.41, 5.74) is -0.575. The predicted octanol–water partition coefficient (Wildman–Crippen LogP) is 1.19. The summed E-state index contributed by atoms with van der Waals surface area (Å²) in [5, 5.41) is 13.5. The molecule has 1 aromatic rings. The molecule has 0 fully saturated rings. The van der Waals surface area contributed by atoms with Crippen molar-refractivity contribution in [1.29, 1.82) is 5.41 Å². The van der Waals surface area contributed by atoms with Crippen LogP contribution in [0.3, 0.4) is 0 Å². The minimum absolute atomic E-state index is 0.144. The van der Waals surface area contributed by atoms with Gasteiger partial charge < -0.3 is 4.74 Å². The molecule has 0 aliphatic carbocycles. The van der Waals surface area contributed by atoms with Crippen molar-refractivity contribution in [2.45, 2.75) is 26.4 Å². The second-order valence-electron chi connectivity index (χ2n) is 3.93. The summed E-state index contributed by atoms with van der Waals surface area (Å²) >= 11 is 0. The van der Waals surface area contributed by atoms with Crippen LogP contribution in [0, 0.1) is 5.41 Å². The number of hydrogen-bond donors (Lipinski definition) is 2. The fraction of sp³-hybridized carbons (Fsp3) is 0.444. The van der Waals surface area contributed by atoms with Crippen LogP contribution in [0.2, 0.25) is 0 Å². The van der Waals surface area contributed by atoms with Crippen molar-refractivity contribution < 1.29 is 9.53 Å². The van der Waals surface area contributed by atoms with Crippen LogP contribution < -0.4 is 5.32 Å². The van der Waals surface area contributed by atoms with E-state index in [4.69, 9.17) is 10.1 Å². The molecule has 1 amide bonds. The van der Waals surface area contributed by atoms with Crippen LogP contribution in [0.15, 0.2) is 18.5 Å². The van der Waals surface area contributed by atoms with Crippen LogP contribution in [-0.2, 0) is 4.74 Å². The number of amides is 1. The Labute approximate surface area is 87.7 Å². The number of ether oxygens (including phenoxy) is 1. The Kier molecular flexibility index (Phi) is 3.08. The van der Waals surface area contributed by atoms with E-state index >= 15 is 0 Å². The molecule has 6 heteroatoms. The second kappa shape index (κ2) is 4.12. The van der Waals surface area contributed by atoms with Gasteiger partial charge in [-0.1, -0.05) is 0 Å². The molecule has 6 nitrogen and oxygen atoms in total. The third-order valence-corrected chi connectivity index (χ3v) is 1.35. The Morgan fingerprint density at radius 3 is 2.67 bits per heavy atom. The lowest BCUT2D eigenvalue weighted by Crippen LogP contribution is -2.39. The minimum Gasteiger partial charge on any atom is -0.444 e. The molecule has 0 spiro atoms. The maximum absolute atomic E-state index is 11.2. The number of aromatic nitrogens is 2. The van der Waals surface area contributed by atoms with Crippen molar-refractivity contribution in [2.24, 2.45) is 0 Å². The van der Waals surface area contributed by atoms with E-state index in [0.29, 0.717) is 0 Å². The quantitative estimate of drug-likeness (QED) is 0.498. The molecule has 2 N–H and O–H groups in total. The van der Waals surface area contributed by atoms with Gasteiger partial charge in [-0.25, -0.2) is 9.48 Å². The van der Waals surface area contributed by atoms with Gasteiger partial charge in [-0.05, 0) is 26.8 Å². The monoisotopic (exact) mass is 210 g/mol. The summed E-state index contributed by atoms with van der Waals surface area (Å²) in [6, 6.07) is 1.66. The molecular weight excluding hydrogens is 196 g/mol. The van der Waals surface area contributed by atoms with E-state index in [0.717, 1.165) is 0 Å². The number of carbonyl (C=O) groups is 1. The zero-order valence-electron chi connectivity index (χ0n) is 8.94. The molecule has 15 heavy (non-hydrogen) atoms. The lowest BCUT2D eigenvalue weighted by molar-refractivity contribution is 0.0561. The number of nitrogens with zero attached hydrogens (tertiary/aromatic N) is 2. The van der Waals surface area contributed by atoms with Crippen molar-refractivity contribution in [3.8, 4) is 0 Å². The van der Waals surface area contributed by atoms with Crippen LogP contribution in [0.5, 0.6) is 0 Å². The van der Waals surface area contributed by atoms with Gasteiger partial charge in [0, 0.05) is 12.4 Å². The van der Waals surface area contributed by atoms with Gasteiger partial charge in [0.2, 0.25) is 5.96 Å². The van der Waals surface area contributed by atoms with Crippen LogP contribution in [0.4, 0.5) is 4.79 Å². The number of alkyl carbamates (subject to hydrolysis) is 1. The maximum atomic E-state index is 11.2. The molecule has 0 aromatic carbocycles. The third kappa shape index (κ3) is 3.80. The Hall–Kier alpha value is -1.85. The number of hydrogen-bond acceptors (Lipinski definition) is 4. The van der Waals surface area contributed by atoms with Gasteiger partial charge in [0.05, 0.1) is 0 Å². The maximum Gasteiger partial charge on any atom is 0.414 e. The van der Waals surface area contributed by atoms with Gasteiger partial charge in [0.1, 0.15) is 5.60 Å². The molecule has 82 valence electrons. The van der Waals surface area contributed by atoms with Crippen LogP contribution in [0.25, 0.3) is 0 Å². The first-order chi connectivity index (χ1) is 6.88. The first-order valence-corrected chi connectivity index (χ1v) is 4.47. The van der Waals surface area contributed by atoms with E-state index in [9.17, 15) is 4.79 Å². The van der Waals surface area contributed by atoms with E-state index in [1.54, 1.807) is 33.0 Å². The van der Waals surface area contributed by atoms with Crippen molar-refractivity contribution in [3.05, 3.63) is 18.5 Å². The fourth-order valence-electron chi connectivity index (χ4n) is 0.859. The summed E-state index contributed by atoms with van der Waals surface area (Å²) < 4.78 is 6.20. The molecule has 0 saturated carbocycles. The summed E-state index contributed by atoms with van der Waals surface area (Å²) in [6.45, 7) is 5.26. The molecule has 0 bridgehead atoms. The molecule has 1 rings (SSSR count). The van der Waals surface area contributed by atoms with E-state index in [-0.39, 0.29) is 5.96 Å². The number of nitrogens with one attached hydrogen (secondary N) is 2. The topological polar surface area (TPSA) is 80.0 Å². The molecule has 0 unspecified atom stereocenters. The van der Waals surface area contributed by atoms with Gasteiger partial charge in [-0.3, -0.25) is 10.7 Å². The van der Waals surface area contributed by atoms with E-state index < -0.39 is 11.7 Å². The van der Waals surface area contributed by atoms with Gasteiger partial charge in [-0.2, -0.15) is 5.10 Å². The van der Waals surface area contributed by atoms with Crippen molar-refractivity contribution in [2.75, 3.05) is 0 Å². The number of carbonyl (C=O) groups excluding carboxylic acids is 1. The average molecular weight is 210 g/mol. The summed E-state index contributed by atoms with van der Waals surface area (Å²) in [7, 11) is 0. The predicted molar refractivity (Wildman–Crippen MR) is 54.7 cm³/mol. The van der Waals surface area contributed by atoms with Crippen molar-refractivity contribution in [3.63, 3.8) is 0 Å². The summed E-state index contributed by atoms with van der Waals surface area (Å²) in [4.78, 5) is 11.2. The first kappa shape index (κ1) is 11.2. The molecule has 1 heterocycles. The molecule has 1 aromatic heterocycles.